The second-order valence-electron chi connectivity index (χ2n) is 5.42. The molecule has 0 fully saturated rings. The van der Waals surface area contributed by atoms with Crippen molar-refractivity contribution < 1.29 is 23.2 Å². The van der Waals surface area contributed by atoms with Crippen LogP contribution in [0.1, 0.15) is 11.1 Å². The fourth-order valence-corrected chi connectivity index (χ4v) is 5.15. The van der Waals surface area contributed by atoms with Gasteiger partial charge in [0, 0.05) is 11.3 Å². The number of anilines is 1. The number of benzene rings is 2. The second-order valence-corrected chi connectivity index (χ2v) is 8.22. The van der Waals surface area contributed by atoms with Crippen molar-refractivity contribution in [2.24, 2.45) is 5.16 Å². The number of para-hydroxylation sites is 1. The number of aryl methyl sites for hydroxylation is 1. The lowest BCUT2D eigenvalue weighted by Crippen LogP contribution is -2.37. The van der Waals surface area contributed by atoms with Gasteiger partial charge in [-0.05, 0) is 24.6 Å². The Bertz CT molecular complexity index is 958. The average molecular weight is 392 g/mol. The molecule has 0 spiro atoms. The summed E-state index contributed by atoms with van der Waals surface area (Å²) in [5, 5.41) is 14.0. The first-order chi connectivity index (χ1) is 12.4. The number of nitrogens with zero attached hydrogens (tertiary/aromatic N) is 2. The molecule has 0 unspecified atom stereocenters. The zero-order chi connectivity index (χ0) is 18.7. The Morgan fingerprint density at radius 3 is 2.54 bits per heavy atom. The molecule has 0 saturated carbocycles. The fourth-order valence-electron chi connectivity index (χ4n) is 2.60. The van der Waals surface area contributed by atoms with E-state index in [4.69, 9.17) is 4.84 Å². The molecule has 1 heterocycles. The maximum Gasteiger partial charge on any atom is 0.426 e. The molecule has 0 radical (unpaired) electrons. The van der Waals surface area contributed by atoms with Crippen LogP contribution in [-0.2, 0) is 14.9 Å². The van der Waals surface area contributed by atoms with E-state index in [0.29, 0.717) is 32.8 Å². The highest BCUT2D eigenvalue weighted by Gasteiger charge is 2.35. The van der Waals surface area contributed by atoms with Crippen LogP contribution in [0, 0.1) is 6.92 Å². The Morgan fingerprint density at radius 1 is 1.19 bits per heavy atom. The van der Waals surface area contributed by atoms with E-state index in [0.717, 1.165) is 0 Å². The molecule has 1 N–H and O–H groups in total. The van der Waals surface area contributed by atoms with Gasteiger partial charge in [-0.2, -0.15) is 4.31 Å². The minimum Gasteiger partial charge on any atom is -0.464 e. The van der Waals surface area contributed by atoms with E-state index < -0.39 is 16.1 Å². The molecule has 1 amide bonds. The number of carbonyl (C=O) groups is 1. The van der Waals surface area contributed by atoms with Gasteiger partial charge < -0.3 is 9.94 Å². The third-order valence-corrected chi connectivity index (χ3v) is 6.51. The van der Waals surface area contributed by atoms with Crippen molar-refractivity contribution in [1.82, 2.24) is 0 Å². The lowest BCUT2D eigenvalue weighted by molar-refractivity contribution is 0.160. The van der Waals surface area contributed by atoms with Crippen molar-refractivity contribution in [3.05, 3.63) is 59.7 Å². The minimum atomic E-state index is -4.38. The summed E-state index contributed by atoms with van der Waals surface area (Å²) in [7, 11) is -4.38. The molecule has 0 atom stereocenters. The van der Waals surface area contributed by atoms with Gasteiger partial charge in [0.15, 0.2) is 0 Å². The van der Waals surface area contributed by atoms with Gasteiger partial charge in [-0.25, -0.2) is 13.2 Å². The Morgan fingerprint density at radius 2 is 1.92 bits per heavy atom. The van der Waals surface area contributed by atoms with Gasteiger partial charge in [0.05, 0.1) is 5.69 Å². The van der Waals surface area contributed by atoms with E-state index in [1.807, 2.05) is 0 Å². The molecular weight excluding hydrogens is 376 g/mol. The number of hydrogen-bond donors (Lipinski definition) is 1. The van der Waals surface area contributed by atoms with Crippen molar-refractivity contribution in [3.8, 4) is 0 Å². The quantitative estimate of drug-likeness (QED) is 0.858. The number of hydrogen-bond acceptors (Lipinski definition) is 6. The molecule has 136 valence electrons. The standard InChI is InChI=1S/C17H16N2O5S2/c1-12-6-5-9-14(16-18-24-10-11-25-16)15(12)26(22,23)19(17(20)21)13-7-3-2-4-8-13/h2-9H,10-11H2,1H3,(H,20,21). The molecule has 0 saturated heterocycles. The van der Waals surface area contributed by atoms with Crippen LogP contribution >= 0.6 is 11.8 Å². The number of thioether (sulfide) groups is 1. The zero-order valence-electron chi connectivity index (χ0n) is 13.8. The van der Waals surface area contributed by atoms with Crippen LogP contribution in [0.15, 0.2) is 58.6 Å². The van der Waals surface area contributed by atoms with Crippen molar-refractivity contribution in [2.75, 3.05) is 16.7 Å². The van der Waals surface area contributed by atoms with Crippen LogP contribution in [-0.4, -0.2) is 37.0 Å². The third kappa shape index (κ3) is 3.40. The van der Waals surface area contributed by atoms with E-state index in [2.05, 4.69) is 5.16 Å². The highest BCUT2D eigenvalue weighted by Crippen LogP contribution is 2.31. The molecule has 3 rings (SSSR count). The van der Waals surface area contributed by atoms with Crippen LogP contribution < -0.4 is 4.31 Å². The highest BCUT2D eigenvalue weighted by molar-refractivity contribution is 8.14. The first-order valence-corrected chi connectivity index (χ1v) is 10.1. The van der Waals surface area contributed by atoms with E-state index in [1.165, 1.54) is 23.9 Å². The molecule has 7 nitrogen and oxygen atoms in total. The first kappa shape index (κ1) is 18.3. The molecule has 2 aromatic rings. The summed E-state index contributed by atoms with van der Waals surface area (Å²) in [5.41, 5.74) is 0.805. The Kier molecular flexibility index (Phi) is 5.19. The molecule has 1 aliphatic heterocycles. The predicted molar refractivity (Wildman–Crippen MR) is 100 cm³/mol. The summed E-state index contributed by atoms with van der Waals surface area (Å²) < 4.78 is 27.0. The summed E-state index contributed by atoms with van der Waals surface area (Å²) in [6, 6.07) is 12.6. The maximum atomic E-state index is 13.3. The summed E-state index contributed by atoms with van der Waals surface area (Å²) >= 11 is 1.37. The normalized spacial score (nSPS) is 14.3. The Hall–Kier alpha value is -2.52. The van der Waals surface area contributed by atoms with E-state index in [1.54, 1.807) is 43.3 Å². The smallest absolute Gasteiger partial charge is 0.426 e. The molecule has 2 aromatic carbocycles. The van der Waals surface area contributed by atoms with E-state index >= 15 is 0 Å². The molecule has 9 heteroatoms. The third-order valence-electron chi connectivity index (χ3n) is 3.67. The molecule has 26 heavy (non-hydrogen) atoms. The van der Waals surface area contributed by atoms with Crippen molar-refractivity contribution in [2.45, 2.75) is 11.8 Å². The largest absolute Gasteiger partial charge is 0.464 e. The van der Waals surface area contributed by atoms with Gasteiger partial charge in [0.25, 0.3) is 10.0 Å². The van der Waals surface area contributed by atoms with Gasteiger partial charge in [-0.1, -0.05) is 53.3 Å². The average Bonchev–Trinajstić information content (AvgIpc) is 2.62. The van der Waals surface area contributed by atoms with Crippen molar-refractivity contribution in [1.29, 1.82) is 0 Å². The van der Waals surface area contributed by atoms with Crippen LogP contribution in [0.4, 0.5) is 10.5 Å². The molecule has 1 aliphatic rings. The van der Waals surface area contributed by atoms with Crippen LogP contribution in [0.25, 0.3) is 0 Å². The molecule has 0 aliphatic carbocycles. The number of oxime groups is 1. The number of rotatable bonds is 4. The van der Waals surface area contributed by atoms with Crippen LogP contribution in [0.5, 0.6) is 0 Å². The lowest BCUT2D eigenvalue weighted by Gasteiger charge is -2.23. The van der Waals surface area contributed by atoms with Gasteiger partial charge >= 0.3 is 6.09 Å². The first-order valence-electron chi connectivity index (χ1n) is 7.69. The van der Waals surface area contributed by atoms with Crippen LogP contribution in [0.3, 0.4) is 0 Å². The van der Waals surface area contributed by atoms with Crippen molar-refractivity contribution in [3.63, 3.8) is 0 Å². The second kappa shape index (κ2) is 7.38. The predicted octanol–water partition coefficient (Wildman–Crippen LogP) is 3.29. The van der Waals surface area contributed by atoms with Gasteiger partial charge in [0.1, 0.15) is 16.5 Å². The highest BCUT2D eigenvalue weighted by atomic mass is 32.2. The van der Waals surface area contributed by atoms with E-state index in [9.17, 15) is 18.3 Å². The Labute approximate surface area is 155 Å². The summed E-state index contributed by atoms with van der Waals surface area (Å²) in [5.74, 6) is 0.633. The zero-order valence-corrected chi connectivity index (χ0v) is 15.5. The Balaban J connectivity index is 2.21. The van der Waals surface area contributed by atoms with E-state index in [-0.39, 0.29) is 10.6 Å². The lowest BCUT2D eigenvalue weighted by atomic mass is 10.1. The monoisotopic (exact) mass is 392 g/mol. The number of amides is 1. The minimum absolute atomic E-state index is 0.0451. The maximum absolute atomic E-state index is 13.3. The fraction of sp³-hybridized carbons (Fsp3) is 0.176. The van der Waals surface area contributed by atoms with Crippen LogP contribution in [0.2, 0.25) is 0 Å². The summed E-state index contributed by atoms with van der Waals surface area (Å²) in [6.45, 7) is 2.06. The summed E-state index contributed by atoms with van der Waals surface area (Å²) in [4.78, 5) is 16.8. The topological polar surface area (TPSA) is 96.3 Å². The molecular formula is C17H16N2O5S2. The van der Waals surface area contributed by atoms with Gasteiger partial charge in [-0.3, -0.25) is 0 Å². The number of sulfonamides is 1. The number of carboxylic acid groups (broad SMARTS) is 1. The van der Waals surface area contributed by atoms with Gasteiger partial charge in [0.2, 0.25) is 0 Å². The molecule has 0 bridgehead atoms. The summed E-state index contributed by atoms with van der Waals surface area (Å²) in [6.07, 6.45) is -1.58. The SMILES string of the molecule is Cc1cccc(C2=NOCCS2)c1S(=O)(=O)N(C(=O)O)c1ccccc1. The van der Waals surface area contributed by atoms with Crippen molar-refractivity contribution >= 4 is 38.6 Å². The van der Waals surface area contributed by atoms with Gasteiger partial charge in [-0.15, -0.1) is 0 Å². The molecule has 0 aromatic heterocycles.